The Morgan fingerprint density at radius 2 is 1.64 bits per heavy atom. The van der Waals surface area contributed by atoms with E-state index in [-0.39, 0.29) is 0 Å². The first-order valence-electron chi connectivity index (χ1n) is 5.12. The van der Waals surface area contributed by atoms with E-state index in [4.69, 9.17) is 0 Å². The van der Waals surface area contributed by atoms with E-state index in [1.807, 2.05) is 0 Å². The lowest BCUT2D eigenvalue weighted by atomic mass is 10.00. The van der Waals surface area contributed by atoms with Crippen molar-refractivity contribution in [3.63, 3.8) is 0 Å². The zero-order chi connectivity index (χ0) is 7.90. The maximum Gasteiger partial charge on any atom is 0.0892 e. The van der Waals surface area contributed by atoms with Crippen LogP contribution >= 0.6 is 0 Å². The summed E-state index contributed by atoms with van der Waals surface area (Å²) in [6.07, 6.45) is 7.52. The van der Waals surface area contributed by atoms with E-state index in [2.05, 4.69) is 14.0 Å². The van der Waals surface area contributed by atoms with E-state index in [0.717, 1.165) is 12.1 Å². The van der Waals surface area contributed by atoms with Crippen molar-refractivity contribution in [1.82, 2.24) is 0 Å². The fourth-order valence-corrected chi connectivity index (χ4v) is 3.26. The van der Waals surface area contributed by atoms with Crippen LogP contribution in [0.5, 0.6) is 0 Å². The minimum absolute atomic E-state index is 1.03. The number of quaternary nitrogens is 1. The highest BCUT2D eigenvalue weighted by Gasteiger charge is 2.46. The topological polar surface area (TPSA) is 0 Å². The molecule has 2 fully saturated rings. The molecular formula is C10H20N+. The number of piperidine rings is 1. The smallest absolute Gasteiger partial charge is 0.0892 e. The lowest BCUT2D eigenvalue weighted by molar-refractivity contribution is -0.946. The van der Waals surface area contributed by atoms with Crippen LogP contribution < -0.4 is 0 Å². The second-order valence-electron chi connectivity index (χ2n) is 4.48. The monoisotopic (exact) mass is 154 g/mol. The standard InChI is InChI=1S/C10H20N/c1-3-11(2)9-5-4-6-10(11)8-7-9/h9-10H,3-8H2,1-2H3/q+1/t9-,10+,11?. The van der Waals surface area contributed by atoms with Gasteiger partial charge in [0.05, 0.1) is 25.7 Å². The number of hydrogen-bond donors (Lipinski definition) is 0. The third-order valence-corrected chi connectivity index (χ3v) is 4.26. The van der Waals surface area contributed by atoms with Crippen molar-refractivity contribution in [2.75, 3.05) is 13.6 Å². The summed E-state index contributed by atoms with van der Waals surface area (Å²) in [6, 6.07) is 2.05. The van der Waals surface area contributed by atoms with Crippen LogP contribution in [-0.4, -0.2) is 30.2 Å². The van der Waals surface area contributed by atoms with Crippen molar-refractivity contribution in [3.05, 3.63) is 0 Å². The predicted molar refractivity (Wildman–Crippen MR) is 47.4 cm³/mol. The molecule has 1 heteroatoms. The van der Waals surface area contributed by atoms with Gasteiger partial charge in [-0.05, 0) is 26.2 Å². The van der Waals surface area contributed by atoms with Crippen molar-refractivity contribution in [2.24, 2.45) is 0 Å². The van der Waals surface area contributed by atoms with Gasteiger partial charge < -0.3 is 4.48 Å². The summed E-state index contributed by atoms with van der Waals surface area (Å²) in [5.74, 6) is 0. The molecule has 2 saturated heterocycles. The van der Waals surface area contributed by atoms with Gasteiger partial charge in [-0.2, -0.15) is 0 Å². The molecule has 3 atom stereocenters. The van der Waals surface area contributed by atoms with Crippen molar-refractivity contribution in [2.45, 2.75) is 51.1 Å². The van der Waals surface area contributed by atoms with E-state index in [1.165, 1.54) is 43.1 Å². The molecule has 2 aliphatic heterocycles. The van der Waals surface area contributed by atoms with Gasteiger partial charge in [0.25, 0.3) is 0 Å². The van der Waals surface area contributed by atoms with Crippen LogP contribution in [0.3, 0.4) is 0 Å². The average molecular weight is 154 g/mol. The Morgan fingerprint density at radius 1 is 1.09 bits per heavy atom. The summed E-state index contributed by atoms with van der Waals surface area (Å²) in [5.41, 5.74) is 0. The Hall–Kier alpha value is -0.0400. The maximum absolute atomic E-state index is 2.47. The minimum Gasteiger partial charge on any atom is -0.321 e. The molecule has 0 radical (unpaired) electrons. The molecule has 2 rings (SSSR count). The first-order valence-corrected chi connectivity index (χ1v) is 5.12. The fourth-order valence-electron chi connectivity index (χ4n) is 3.26. The second kappa shape index (κ2) is 2.48. The molecule has 1 unspecified atom stereocenters. The highest BCUT2D eigenvalue weighted by Crippen LogP contribution is 2.40. The maximum atomic E-state index is 2.47. The van der Waals surface area contributed by atoms with Gasteiger partial charge in [0.2, 0.25) is 0 Å². The molecule has 0 aromatic rings. The normalized spacial score (nSPS) is 49.6. The van der Waals surface area contributed by atoms with Crippen molar-refractivity contribution in [3.8, 4) is 0 Å². The molecular weight excluding hydrogens is 134 g/mol. The third kappa shape index (κ3) is 0.936. The lowest BCUT2D eigenvalue weighted by Crippen LogP contribution is -2.55. The van der Waals surface area contributed by atoms with Crippen LogP contribution in [0.2, 0.25) is 0 Å². The van der Waals surface area contributed by atoms with E-state index in [0.29, 0.717) is 0 Å². The summed E-state index contributed by atoms with van der Waals surface area (Å²) in [5, 5.41) is 0. The second-order valence-corrected chi connectivity index (χ2v) is 4.48. The fraction of sp³-hybridized carbons (Fsp3) is 1.00. The lowest BCUT2D eigenvalue weighted by Gasteiger charge is -2.44. The van der Waals surface area contributed by atoms with Crippen LogP contribution in [-0.2, 0) is 0 Å². The Balaban J connectivity index is 2.20. The van der Waals surface area contributed by atoms with Crippen LogP contribution in [0.25, 0.3) is 0 Å². The Bertz CT molecular complexity index is 137. The van der Waals surface area contributed by atoms with E-state index < -0.39 is 0 Å². The van der Waals surface area contributed by atoms with Gasteiger partial charge >= 0.3 is 0 Å². The number of rotatable bonds is 1. The Labute approximate surface area is 70.0 Å². The van der Waals surface area contributed by atoms with Crippen LogP contribution in [0.4, 0.5) is 0 Å². The first kappa shape index (κ1) is 7.60. The van der Waals surface area contributed by atoms with Crippen LogP contribution in [0, 0.1) is 0 Å². The highest BCUT2D eigenvalue weighted by atomic mass is 15.4. The van der Waals surface area contributed by atoms with Gasteiger partial charge in [-0.3, -0.25) is 0 Å². The molecule has 0 N–H and O–H groups in total. The average Bonchev–Trinajstić information content (AvgIpc) is 2.29. The molecule has 0 saturated carbocycles. The largest absolute Gasteiger partial charge is 0.321 e. The molecule has 1 nitrogen and oxygen atoms in total. The molecule has 11 heavy (non-hydrogen) atoms. The highest BCUT2D eigenvalue weighted by molar-refractivity contribution is 4.80. The minimum atomic E-state index is 1.03. The number of fused-ring (bicyclic) bond motifs is 2. The summed E-state index contributed by atoms with van der Waals surface area (Å²) in [6.45, 7) is 3.71. The summed E-state index contributed by atoms with van der Waals surface area (Å²) < 4.78 is 1.40. The Morgan fingerprint density at radius 3 is 2.00 bits per heavy atom. The first-order chi connectivity index (χ1) is 5.27. The van der Waals surface area contributed by atoms with Crippen molar-refractivity contribution >= 4 is 0 Å². The van der Waals surface area contributed by atoms with Crippen molar-refractivity contribution < 1.29 is 4.48 Å². The summed E-state index contributed by atoms with van der Waals surface area (Å²) >= 11 is 0. The summed E-state index contributed by atoms with van der Waals surface area (Å²) in [7, 11) is 2.47. The SMILES string of the molecule is CC[N+]1(C)[C@@H]2CCC[C@H]1CC2. The van der Waals surface area contributed by atoms with Crippen molar-refractivity contribution in [1.29, 1.82) is 0 Å². The molecule has 0 aromatic carbocycles. The number of nitrogens with zero attached hydrogens (tertiary/aromatic N) is 1. The van der Waals surface area contributed by atoms with Gasteiger partial charge in [0.1, 0.15) is 0 Å². The zero-order valence-electron chi connectivity index (χ0n) is 7.84. The van der Waals surface area contributed by atoms with E-state index in [9.17, 15) is 0 Å². The van der Waals surface area contributed by atoms with Gasteiger partial charge in [0.15, 0.2) is 0 Å². The third-order valence-electron chi connectivity index (χ3n) is 4.26. The quantitative estimate of drug-likeness (QED) is 0.508. The molecule has 0 spiro atoms. The molecule has 2 aliphatic rings. The molecule has 0 aliphatic carbocycles. The van der Waals surface area contributed by atoms with Gasteiger partial charge in [0, 0.05) is 12.8 Å². The molecule has 0 aromatic heterocycles. The zero-order valence-corrected chi connectivity index (χ0v) is 7.84. The van der Waals surface area contributed by atoms with E-state index >= 15 is 0 Å². The van der Waals surface area contributed by atoms with Crippen LogP contribution in [0.1, 0.15) is 39.0 Å². The van der Waals surface area contributed by atoms with E-state index in [1.54, 1.807) is 0 Å². The molecule has 64 valence electrons. The van der Waals surface area contributed by atoms with Gasteiger partial charge in [-0.25, -0.2) is 0 Å². The van der Waals surface area contributed by atoms with Crippen LogP contribution in [0.15, 0.2) is 0 Å². The molecule has 2 bridgehead atoms. The number of hydrogen-bond acceptors (Lipinski definition) is 0. The molecule has 2 heterocycles. The predicted octanol–water partition coefficient (Wildman–Crippen LogP) is 2.17. The Kier molecular flexibility index (Phi) is 1.71. The van der Waals surface area contributed by atoms with Gasteiger partial charge in [-0.15, -0.1) is 0 Å². The summed E-state index contributed by atoms with van der Waals surface area (Å²) in [4.78, 5) is 0. The molecule has 0 amide bonds. The van der Waals surface area contributed by atoms with Gasteiger partial charge in [-0.1, -0.05) is 0 Å².